The van der Waals surface area contributed by atoms with Crippen LogP contribution in [0.3, 0.4) is 0 Å². The van der Waals surface area contributed by atoms with Gasteiger partial charge in [-0.2, -0.15) is 0 Å². The molecule has 27 heavy (non-hydrogen) atoms. The van der Waals surface area contributed by atoms with Gasteiger partial charge >= 0.3 is 5.97 Å². The number of fused-ring (bicyclic) bond motifs is 1. The number of carboxylic acids is 1. The van der Waals surface area contributed by atoms with E-state index in [1.54, 1.807) is 6.07 Å². The maximum Gasteiger partial charge on any atom is 0.328 e. The second kappa shape index (κ2) is 7.28. The third-order valence-corrected chi connectivity index (χ3v) is 5.93. The summed E-state index contributed by atoms with van der Waals surface area (Å²) in [6, 6.07) is 6.15. The predicted molar refractivity (Wildman–Crippen MR) is 98.7 cm³/mol. The summed E-state index contributed by atoms with van der Waals surface area (Å²) < 4.78 is 37.7. The van der Waals surface area contributed by atoms with Crippen LogP contribution in [0.1, 0.15) is 11.1 Å². The van der Waals surface area contributed by atoms with Crippen molar-refractivity contribution in [2.45, 2.75) is 11.3 Å². The van der Waals surface area contributed by atoms with Crippen molar-refractivity contribution in [2.75, 3.05) is 25.1 Å². The van der Waals surface area contributed by atoms with E-state index in [1.165, 1.54) is 49.0 Å². The van der Waals surface area contributed by atoms with Gasteiger partial charge in [-0.1, -0.05) is 0 Å². The number of benzene rings is 1. The third-order valence-electron chi connectivity index (χ3n) is 4.15. The molecule has 8 nitrogen and oxygen atoms in total. The van der Waals surface area contributed by atoms with Gasteiger partial charge in [-0.05, 0) is 41.8 Å². The molecule has 1 aliphatic heterocycles. The molecule has 0 saturated heterocycles. The van der Waals surface area contributed by atoms with Crippen molar-refractivity contribution in [3.8, 4) is 11.5 Å². The lowest BCUT2D eigenvalue weighted by Gasteiger charge is -2.19. The number of rotatable bonds is 6. The first-order valence-electron chi connectivity index (χ1n) is 8.01. The minimum atomic E-state index is -3.83. The lowest BCUT2D eigenvalue weighted by atomic mass is 10.1. The number of carbonyl (C=O) groups is 1. The molecule has 3 rings (SSSR count). The fourth-order valence-electron chi connectivity index (χ4n) is 2.85. The van der Waals surface area contributed by atoms with Crippen molar-refractivity contribution in [1.29, 1.82) is 0 Å². The lowest BCUT2D eigenvalue weighted by Crippen LogP contribution is -2.29. The molecule has 0 fully saturated rings. The van der Waals surface area contributed by atoms with Gasteiger partial charge in [0.25, 0.3) is 10.0 Å². The van der Waals surface area contributed by atoms with Crippen LogP contribution in [0.15, 0.2) is 41.4 Å². The predicted octanol–water partition coefficient (Wildman–Crippen LogP) is 1.95. The standard InChI is InChI=1S/C18H18N2O6S/c1-25-15-5-4-14(10-16(15)26-2)27(23,24)20-8-7-13-9-12(3-6-17(21)22)11-19-18(13)20/h3-6,9-11H,7-8H2,1-2H3,(H,21,22)/b6-3+. The molecule has 0 amide bonds. The van der Waals surface area contributed by atoms with Crippen molar-refractivity contribution >= 4 is 27.9 Å². The number of anilines is 1. The van der Waals surface area contributed by atoms with Gasteiger partial charge in [-0.15, -0.1) is 0 Å². The largest absolute Gasteiger partial charge is 0.493 e. The first-order valence-corrected chi connectivity index (χ1v) is 9.45. The number of ether oxygens (including phenoxy) is 2. The normalized spacial score (nSPS) is 13.6. The molecule has 1 aliphatic rings. The summed E-state index contributed by atoms with van der Waals surface area (Å²) in [6.45, 7) is 0.255. The van der Waals surface area contributed by atoms with E-state index < -0.39 is 16.0 Å². The van der Waals surface area contributed by atoms with Gasteiger partial charge < -0.3 is 14.6 Å². The number of methoxy groups -OCH3 is 2. The fraction of sp³-hybridized carbons (Fsp3) is 0.222. The van der Waals surface area contributed by atoms with E-state index in [0.717, 1.165) is 11.6 Å². The zero-order chi connectivity index (χ0) is 19.6. The van der Waals surface area contributed by atoms with Gasteiger partial charge in [-0.25, -0.2) is 22.5 Å². The molecule has 2 aromatic rings. The van der Waals surface area contributed by atoms with E-state index in [-0.39, 0.29) is 11.4 Å². The van der Waals surface area contributed by atoms with Crippen LogP contribution in [0.5, 0.6) is 11.5 Å². The molecule has 2 heterocycles. The lowest BCUT2D eigenvalue weighted by molar-refractivity contribution is -0.131. The summed E-state index contributed by atoms with van der Waals surface area (Å²) in [4.78, 5) is 14.9. The van der Waals surface area contributed by atoms with Gasteiger partial charge in [0.05, 0.1) is 19.1 Å². The molecule has 0 spiro atoms. The number of hydrogen-bond donors (Lipinski definition) is 1. The second-order valence-corrected chi connectivity index (χ2v) is 7.63. The Bertz CT molecular complexity index is 1020. The Morgan fingerprint density at radius 2 is 1.96 bits per heavy atom. The SMILES string of the molecule is COc1ccc(S(=O)(=O)N2CCc3cc(/C=C/C(=O)O)cnc32)cc1OC. The summed E-state index contributed by atoms with van der Waals surface area (Å²) in [5.74, 6) is 0.0387. The van der Waals surface area contributed by atoms with Crippen molar-refractivity contribution in [3.63, 3.8) is 0 Å². The number of aliphatic carboxylic acids is 1. The Morgan fingerprint density at radius 3 is 2.63 bits per heavy atom. The van der Waals surface area contributed by atoms with Gasteiger partial charge in [0.15, 0.2) is 11.5 Å². The molecule has 1 aromatic heterocycles. The number of pyridine rings is 1. The van der Waals surface area contributed by atoms with Gasteiger partial charge in [0.2, 0.25) is 0 Å². The Kier molecular flexibility index (Phi) is 5.04. The van der Waals surface area contributed by atoms with Crippen LogP contribution in [-0.2, 0) is 21.2 Å². The second-order valence-electron chi connectivity index (χ2n) is 5.77. The first-order chi connectivity index (χ1) is 12.9. The van der Waals surface area contributed by atoms with Crippen LogP contribution in [-0.4, -0.2) is 45.2 Å². The summed E-state index contributed by atoms with van der Waals surface area (Å²) in [5, 5.41) is 8.71. The molecule has 0 bridgehead atoms. The Hall–Kier alpha value is -3.07. The molecule has 0 radical (unpaired) electrons. The molecule has 9 heteroatoms. The van der Waals surface area contributed by atoms with Crippen molar-refractivity contribution in [3.05, 3.63) is 47.7 Å². The average Bonchev–Trinajstić information content (AvgIpc) is 3.09. The fourth-order valence-corrected chi connectivity index (χ4v) is 4.33. The van der Waals surface area contributed by atoms with E-state index in [1.807, 2.05) is 0 Å². The zero-order valence-corrected chi connectivity index (χ0v) is 15.6. The maximum atomic E-state index is 13.1. The summed E-state index contributed by atoms with van der Waals surface area (Å²) >= 11 is 0. The molecule has 0 saturated carbocycles. The smallest absolute Gasteiger partial charge is 0.328 e. The quantitative estimate of drug-likeness (QED) is 0.752. The van der Waals surface area contributed by atoms with Crippen molar-refractivity contribution in [1.82, 2.24) is 4.98 Å². The minimum Gasteiger partial charge on any atom is -0.493 e. The molecule has 1 aromatic carbocycles. The Balaban J connectivity index is 1.96. The van der Waals surface area contributed by atoms with Crippen LogP contribution in [0.25, 0.3) is 6.08 Å². The molecule has 0 unspecified atom stereocenters. The summed E-state index contributed by atoms with van der Waals surface area (Å²) in [6.07, 6.45) is 4.36. The zero-order valence-electron chi connectivity index (χ0n) is 14.7. The minimum absolute atomic E-state index is 0.0737. The number of sulfonamides is 1. The van der Waals surface area contributed by atoms with E-state index in [2.05, 4.69) is 4.98 Å². The average molecular weight is 390 g/mol. The molecule has 142 valence electrons. The highest BCUT2D eigenvalue weighted by Gasteiger charge is 2.32. The van der Waals surface area contributed by atoms with Gasteiger partial charge in [-0.3, -0.25) is 0 Å². The van der Waals surface area contributed by atoms with Crippen molar-refractivity contribution < 1.29 is 27.8 Å². The molecule has 0 atom stereocenters. The molecular formula is C18H18N2O6S. The number of carboxylic acid groups (broad SMARTS) is 1. The number of hydrogen-bond acceptors (Lipinski definition) is 6. The number of nitrogens with zero attached hydrogens (tertiary/aromatic N) is 2. The van der Waals surface area contributed by atoms with Crippen LogP contribution >= 0.6 is 0 Å². The summed E-state index contributed by atoms with van der Waals surface area (Å²) in [7, 11) is -0.912. The van der Waals surface area contributed by atoms with Crippen LogP contribution in [0.4, 0.5) is 5.82 Å². The highest BCUT2D eigenvalue weighted by atomic mass is 32.2. The highest BCUT2D eigenvalue weighted by Crippen LogP contribution is 2.35. The first kappa shape index (κ1) is 18.7. The van der Waals surface area contributed by atoms with Gasteiger partial charge in [0.1, 0.15) is 5.82 Å². The Labute approximate surface area is 156 Å². The molecule has 0 aliphatic carbocycles. The Morgan fingerprint density at radius 1 is 1.22 bits per heavy atom. The van der Waals surface area contributed by atoms with Gasteiger partial charge in [0, 0.05) is 24.9 Å². The van der Waals surface area contributed by atoms with Crippen LogP contribution in [0.2, 0.25) is 0 Å². The topological polar surface area (TPSA) is 106 Å². The molecule has 1 N–H and O–H groups in total. The summed E-state index contributed by atoms with van der Waals surface area (Å²) in [5.41, 5.74) is 1.34. The van der Waals surface area contributed by atoms with Crippen LogP contribution < -0.4 is 13.8 Å². The monoisotopic (exact) mass is 390 g/mol. The van der Waals surface area contributed by atoms with E-state index >= 15 is 0 Å². The van der Waals surface area contributed by atoms with E-state index in [0.29, 0.717) is 29.3 Å². The van der Waals surface area contributed by atoms with Crippen molar-refractivity contribution in [2.24, 2.45) is 0 Å². The van der Waals surface area contributed by atoms with E-state index in [4.69, 9.17) is 14.6 Å². The third kappa shape index (κ3) is 3.59. The van der Waals surface area contributed by atoms with E-state index in [9.17, 15) is 13.2 Å². The molecular weight excluding hydrogens is 372 g/mol. The number of aromatic nitrogens is 1. The van der Waals surface area contributed by atoms with Crippen LogP contribution in [0, 0.1) is 0 Å². The highest BCUT2D eigenvalue weighted by molar-refractivity contribution is 7.92. The maximum absolute atomic E-state index is 13.1.